The number of hydrogen-bond donors (Lipinski definition) is 1. The van der Waals surface area contributed by atoms with E-state index in [1.807, 2.05) is 0 Å². The smallest absolute Gasteiger partial charge is 0.495 e. The average Bonchev–Trinajstić information content (AvgIpc) is 4.03. The summed E-state index contributed by atoms with van der Waals surface area (Å²) in [5, 5.41) is 25.2. The molecule has 0 saturated carbocycles. The Kier molecular flexibility index (Phi) is 20.8. The van der Waals surface area contributed by atoms with Crippen LogP contribution in [0.3, 0.4) is 0 Å². The Morgan fingerprint density at radius 1 is 0.829 bits per heavy atom. The van der Waals surface area contributed by atoms with E-state index in [-0.39, 0.29) is 52.6 Å². The Morgan fingerprint density at radius 2 is 1.46 bits per heavy atom. The van der Waals surface area contributed by atoms with Gasteiger partial charge in [0.1, 0.15) is 77.0 Å². The van der Waals surface area contributed by atoms with Crippen LogP contribution >= 0.6 is 19.4 Å². The first-order valence-electron chi connectivity index (χ1n) is 24.7. The molecule has 0 aliphatic carbocycles. The second-order valence-electron chi connectivity index (χ2n) is 18.2. The first-order chi connectivity index (χ1) is 33.9. The van der Waals surface area contributed by atoms with Crippen LogP contribution in [0.4, 0.5) is 5.82 Å². The van der Waals surface area contributed by atoms with E-state index in [1.165, 1.54) is 115 Å². The van der Waals surface area contributed by atoms with Gasteiger partial charge < -0.3 is 43.4 Å². The van der Waals surface area contributed by atoms with Crippen LogP contribution in [0.2, 0.25) is 5.02 Å². The zero-order valence-electron chi connectivity index (χ0n) is 41.3. The van der Waals surface area contributed by atoms with Gasteiger partial charge in [-0.3, -0.25) is 9.05 Å². The van der Waals surface area contributed by atoms with Gasteiger partial charge in [-0.05, 0) is 44.5 Å². The number of phosphoric acid groups is 1. The van der Waals surface area contributed by atoms with Crippen LogP contribution in [0.15, 0.2) is 54.9 Å². The summed E-state index contributed by atoms with van der Waals surface area (Å²) >= 11 is 6.51. The highest BCUT2D eigenvalue weighted by molar-refractivity contribution is 7.49. The molecule has 2 aromatic heterocycles. The number of methoxy groups -OCH3 is 2. The predicted molar refractivity (Wildman–Crippen MR) is 264 cm³/mol. The van der Waals surface area contributed by atoms with Crippen molar-refractivity contribution in [3.63, 3.8) is 0 Å². The topological polar surface area (TPSA) is 213 Å². The monoisotopic (exact) mass is 1010 g/mol. The van der Waals surface area contributed by atoms with Gasteiger partial charge in [0.15, 0.2) is 11.6 Å². The average molecular weight is 1010 g/mol. The van der Waals surface area contributed by atoms with Gasteiger partial charge in [0.25, 0.3) is 0 Å². The summed E-state index contributed by atoms with van der Waals surface area (Å²) in [6.07, 6.45) is 17.7. The molecule has 2 aromatic carbocycles. The normalized spacial score (nSPS) is 20.6. The number of nitrogens with two attached hydrogens (primary N) is 1. The van der Waals surface area contributed by atoms with Gasteiger partial charge in [0.2, 0.25) is 5.60 Å². The zero-order chi connectivity index (χ0) is 50.0. The first-order valence-corrected chi connectivity index (χ1v) is 26.5. The van der Waals surface area contributed by atoms with Crippen molar-refractivity contribution in [3.8, 4) is 35.1 Å². The largest absolute Gasteiger partial charge is 0.530 e. The quantitative estimate of drug-likeness (QED) is 0.0356. The Morgan fingerprint density at radius 3 is 2.06 bits per heavy atom. The molecule has 4 aromatic rings. The van der Waals surface area contributed by atoms with Gasteiger partial charge in [-0.25, -0.2) is 14.1 Å². The number of anilines is 1. The maximum Gasteiger partial charge on any atom is 0.530 e. The van der Waals surface area contributed by atoms with Crippen molar-refractivity contribution in [2.24, 2.45) is 0 Å². The van der Waals surface area contributed by atoms with E-state index in [9.17, 15) is 15.1 Å². The van der Waals surface area contributed by atoms with Crippen LogP contribution < -0.4 is 24.5 Å². The molecule has 1 unspecified atom stereocenters. The fourth-order valence-corrected chi connectivity index (χ4v) is 10.4. The summed E-state index contributed by atoms with van der Waals surface area (Å²) in [7, 11) is -1.77. The highest BCUT2D eigenvalue weighted by Gasteiger charge is 2.65. The lowest BCUT2D eigenvalue weighted by Gasteiger charge is -2.29. The van der Waals surface area contributed by atoms with Crippen molar-refractivity contribution in [3.05, 3.63) is 71.1 Å². The highest BCUT2D eigenvalue weighted by atomic mass is 35.5. The molecule has 6 rings (SSSR count). The van der Waals surface area contributed by atoms with Crippen molar-refractivity contribution in [1.29, 1.82) is 10.5 Å². The van der Waals surface area contributed by atoms with Gasteiger partial charge in [-0.2, -0.15) is 15.6 Å². The summed E-state index contributed by atoms with van der Waals surface area (Å²) in [6, 6.07) is 17.3. The lowest BCUT2D eigenvalue weighted by atomic mass is 9.92. The molecule has 2 aliphatic rings. The molecule has 2 fully saturated rings. The number of phosphoric ester groups is 1. The first kappa shape index (κ1) is 54.6. The van der Waals surface area contributed by atoms with E-state index >= 15 is 0 Å². The van der Waals surface area contributed by atoms with E-state index in [0.717, 1.165) is 19.3 Å². The molecule has 2 N–H and O–H groups in total. The van der Waals surface area contributed by atoms with Gasteiger partial charge >= 0.3 is 7.82 Å². The van der Waals surface area contributed by atoms with Gasteiger partial charge in [0, 0.05) is 18.7 Å². The third-order valence-electron chi connectivity index (χ3n) is 12.5. The number of para-hydroxylation sites is 1. The van der Waals surface area contributed by atoms with E-state index < -0.39 is 50.2 Å². The summed E-state index contributed by atoms with van der Waals surface area (Å²) < 4.78 is 77.3. The maximum absolute atomic E-state index is 14.9. The number of benzene rings is 2. The summed E-state index contributed by atoms with van der Waals surface area (Å²) in [5.74, 6) is -0.165. The third kappa shape index (κ3) is 14.5. The molecular weight excluding hydrogens is 939 g/mol. The highest BCUT2D eigenvalue weighted by Crippen LogP contribution is 2.54. The van der Waals surface area contributed by atoms with Crippen LogP contribution in [-0.4, -0.2) is 85.4 Å². The van der Waals surface area contributed by atoms with Crippen molar-refractivity contribution < 1.29 is 51.3 Å². The number of rotatable bonds is 32. The minimum absolute atomic E-state index is 0.0231. The molecule has 0 bridgehead atoms. The Hall–Kier alpha value is -4.68. The van der Waals surface area contributed by atoms with Gasteiger partial charge in [-0.1, -0.05) is 127 Å². The number of nitrogens with zero attached hydrogens (tertiary/aromatic N) is 5. The minimum atomic E-state index is -4.64. The number of ether oxygens (including phenoxy) is 7. The second kappa shape index (κ2) is 26.7. The van der Waals surface area contributed by atoms with Crippen LogP contribution in [0, 0.1) is 22.7 Å². The molecular formula is C51H70ClN6O11P. The maximum atomic E-state index is 14.9. The molecule has 2 saturated heterocycles. The van der Waals surface area contributed by atoms with Gasteiger partial charge in [-0.15, -0.1) is 0 Å². The summed E-state index contributed by atoms with van der Waals surface area (Å²) in [5.41, 5.74) is 5.33. The molecule has 70 heavy (non-hydrogen) atoms. The number of nitriles is 2. The zero-order valence-corrected chi connectivity index (χ0v) is 42.9. The van der Waals surface area contributed by atoms with E-state index in [2.05, 4.69) is 29.1 Å². The number of hydrogen-bond acceptors (Lipinski definition) is 16. The third-order valence-corrected chi connectivity index (χ3v) is 14.1. The molecule has 0 radical (unpaired) electrons. The molecule has 2 aliphatic heterocycles. The van der Waals surface area contributed by atoms with E-state index in [0.29, 0.717) is 17.8 Å². The SMILES string of the molecule is CCCCCCCCCCCCCCCCCCOC[C@H](COP(=O)(OC[C@H]1O[C@@](C#N)(c2ccc3c(N)ncnn23)[C@@H]2OC(C)(C)O[C@@H]21)Oc1ccccc1Cl)Oc1cc(OC)c(C#N)c(OC)c1. The number of aromatic nitrogens is 3. The molecule has 17 nitrogen and oxygen atoms in total. The summed E-state index contributed by atoms with van der Waals surface area (Å²) in [4.78, 5) is 4.07. The van der Waals surface area contributed by atoms with E-state index in [1.54, 1.807) is 56.3 Å². The fourth-order valence-electron chi connectivity index (χ4n) is 8.87. The number of nitrogen functional groups attached to an aromatic ring is 1. The van der Waals surface area contributed by atoms with Crippen LogP contribution in [0.1, 0.15) is 135 Å². The number of unbranched alkanes of at least 4 members (excludes halogenated alkanes) is 15. The number of fused-ring (bicyclic) bond motifs is 2. The van der Waals surface area contributed by atoms with Crippen molar-refractivity contribution >= 4 is 30.8 Å². The molecule has 19 heteroatoms. The van der Waals surface area contributed by atoms with Crippen LogP contribution in [0.5, 0.6) is 23.0 Å². The van der Waals surface area contributed by atoms with E-state index in [4.69, 9.17) is 64.1 Å². The Bertz CT molecular complexity index is 2390. The molecule has 6 atom stereocenters. The van der Waals surface area contributed by atoms with Crippen molar-refractivity contribution in [2.45, 2.75) is 159 Å². The second-order valence-corrected chi connectivity index (χ2v) is 20.2. The van der Waals surface area contributed by atoms with Crippen molar-refractivity contribution in [1.82, 2.24) is 14.6 Å². The van der Waals surface area contributed by atoms with Crippen LogP contribution in [0.25, 0.3) is 5.52 Å². The summed E-state index contributed by atoms with van der Waals surface area (Å²) in [6.45, 7) is 5.37. The molecule has 4 heterocycles. The Labute approximate surface area is 417 Å². The number of halogens is 1. The fraction of sp³-hybridized carbons (Fsp3) is 0.608. The Balaban J connectivity index is 1.11. The standard InChI is InChI=1S/C51H70ClN6O11P/c1-6-7-8-9-10-11-12-13-14-15-16-17-18-19-20-23-28-62-32-38(65-37-29-43(60-4)39(31-53)44(30-37)61-5)33-63-70(59,69-42-25-22-21-24-40(42)52)64-34-45-47-48(68-50(2,3)67-47)51(35-54,66-45)46-27-26-41-49(55)56-36-57-58(41)46/h21-22,24-27,29-30,36,38,45,47-48H,6-20,23,28,32-34H2,1-5H3,(H2,55,56,57)/t38-,45-,47-,48-,51+,70?/m1/s1. The lowest BCUT2D eigenvalue weighted by Crippen LogP contribution is -2.40. The molecule has 0 amide bonds. The van der Waals surface area contributed by atoms with Crippen molar-refractivity contribution in [2.75, 3.05) is 46.4 Å². The predicted octanol–water partition coefficient (Wildman–Crippen LogP) is 11.4. The molecule has 382 valence electrons. The minimum Gasteiger partial charge on any atom is -0.495 e. The van der Waals surface area contributed by atoms with Crippen LogP contribution in [-0.2, 0) is 38.2 Å². The van der Waals surface area contributed by atoms with Gasteiger partial charge in [0.05, 0.1) is 44.8 Å². The lowest BCUT2D eigenvalue weighted by molar-refractivity contribution is -0.204. The molecule has 0 spiro atoms.